The third-order valence-corrected chi connectivity index (χ3v) is 6.09. The van der Waals surface area contributed by atoms with Gasteiger partial charge in [0.2, 0.25) is 0 Å². The second-order valence-corrected chi connectivity index (χ2v) is 8.14. The zero-order valence-corrected chi connectivity index (χ0v) is 18.2. The number of ether oxygens (including phenoxy) is 3. The van der Waals surface area contributed by atoms with Crippen LogP contribution in [0.1, 0.15) is 23.2 Å². The molecule has 2 aromatic carbocycles. The highest BCUT2D eigenvalue weighted by Crippen LogP contribution is 2.25. The van der Waals surface area contributed by atoms with Crippen LogP contribution < -0.4 is 9.47 Å². The van der Waals surface area contributed by atoms with Gasteiger partial charge in [0.25, 0.3) is 5.91 Å². The van der Waals surface area contributed by atoms with E-state index in [4.69, 9.17) is 18.8 Å². The second-order valence-electron chi connectivity index (χ2n) is 8.14. The lowest BCUT2D eigenvalue weighted by Gasteiger charge is -2.35. The van der Waals surface area contributed by atoms with Crippen LogP contribution >= 0.6 is 0 Å². The molecule has 2 saturated heterocycles. The molecule has 172 valence electrons. The maximum Gasteiger partial charge on any atom is 0.410 e. The van der Waals surface area contributed by atoms with E-state index in [0.717, 1.165) is 5.75 Å². The zero-order valence-electron chi connectivity index (χ0n) is 18.2. The summed E-state index contributed by atoms with van der Waals surface area (Å²) >= 11 is 0. The highest BCUT2D eigenvalue weighted by Gasteiger charge is 2.38. The van der Waals surface area contributed by atoms with Crippen molar-refractivity contribution in [2.24, 2.45) is 0 Å². The number of rotatable bonds is 6. The van der Waals surface area contributed by atoms with Gasteiger partial charge in [0.15, 0.2) is 6.10 Å². The number of likely N-dealkylation sites (tertiary alicyclic amines) is 1. The molecule has 2 aliphatic heterocycles. The lowest BCUT2D eigenvalue weighted by molar-refractivity contribution is 0.0658. The summed E-state index contributed by atoms with van der Waals surface area (Å²) in [5.74, 6) is 1.38. The molecule has 0 N–H and O–H groups in total. The molecule has 2 aliphatic rings. The molecule has 10 nitrogen and oxygen atoms in total. The van der Waals surface area contributed by atoms with Gasteiger partial charge >= 0.3 is 6.09 Å². The maximum atomic E-state index is 12.9. The number of aromatic nitrogens is 2. The minimum Gasteiger partial charge on any atom is -0.497 e. The molecule has 1 unspecified atom stereocenters. The van der Waals surface area contributed by atoms with Crippen molar-refractivity contribution >= 4 is 23.0 Å². The molecule has 0 spiro atoms. The number of benzene rings is 2. The Morgan fingerprint density at radius 3 is 2.55 bits per heavy atom. The van der Waals surface area contributed by atoms with Gasteiger partial charge in [-0.25, -0.2) is 9.42 Å². The van der Waals surface area contributed by atoms with Crippen molar-refractivity contribution in [2.45, 2.75) is 25.0 Å². The smallest absolute Gasteiger partial charge is 0.410 e. The number of amides is 2. The summed E-state index contributed by atoms with van der Waals surface area (Å²) in [5, 5.41) is 7.56. The van der Waals surface area contributed by atoms with Gasteiger partial charge in [0, 0.05) is 24.7 Å². The first-order valence-corrected chi connectivity index (χ1v) is 10.9. The molecule has 3 heterocycles. The molecule has 2 fully saturated rings. The third kappa shape index (κ3) is 4.41. The molecule has 1 atom stereocenters. The fourth-order valence-corrected chi connectivity index (χ4v) is 4.27. The minimum absolute atomic E-state index is 0.0368. The fraction of sp³-hybridized carbons (Fsp3) is 0.391. The summed E-state index contributed by atoms with van der Waals surface area (Å²) in [7, 11) is 1.61. The van der Waals surface area contributed by atoms with E-state index in [1.54, 1.807) is 35.1 Å². The van der Waals surface area contributed by atoms with Crippen LogP contribution in [0.5, 0.6) is 11.5 Å². The summed E-state index contributed by atoms with van der Waals surface area (Å²) in [4.78, 5) is 28.9. The van der Waals surface area contributed by atoms with Crippen LogP contribution in [0.2, 0.25) is 0 Å². The summed E-state index contributed by atoms with van der Waals surface area (Å²) in [6.45, 7) is 1.89. The van der Waals surface area contributed by atoms with Gasteiger partial charge < -0.3 is 24.0 Å². The largest absolute Gasteiger partial charge is 0.497 e. The predicted molar refractivity (Wildman–Crippen MR) is 116 cm³/mol. The summed E-state index contributed by atoms with van der Waals surface area (Å²) < 4.78 is 21.1. The Kier molecular flexibility index (Phi) is 5.72. The molecule has 0 aliphatic carbocycles. The first-order chi connectivity index (χ1) is 16.1. The van der Waals surface area contributed by atoms with Gasteiger partial charge in [-0.1, -0.05) is 0 Å². The molecule has 33 heavy (non-hydrogen) atoms. The Bertz CT molecular complexity index is 1140. The average molecular weight is 452 g/mol. The Labute approximate surface area is 189 Å². The van der Waals surface area contributed by atoms with Crippen LogP contribution in [0.4, 0.5) is 4.79 Å². The number of cyclic esters (lactones) is 1. The van der Waals surface area contributed by atoms with E-state index in [1.807, 2.05) is 24.3 Å². The van der Waals surface area contributed by atoms with Gasteiger partial charge in [-0.2, -0.15) is 0 Å². The Morgan fingerprint density at radius 1 is 1.06 bits per heavy atom. The lowest BCUT2D eigenvalue weighted by atomic mass is 10.0. The first-order valence-electron chi connectivity index (χ1n) is 10.9. The molecule has 5 rings (SSSR count). The van der Waals surface area contributed by atoms with Crippen molar-refractivity contribution in [2.75, 3.05) is 33.4 Å². The molecule has 0 radical (unpaired) electrons. The van der Waals surface area contributed by atoms with Crippen molar-refractivity contribution in [3.8, 4) is 11.5 Å². The molecular weight excluding hydrogens is 428 g/mol. The number of piperidine rings is 1. The van der Waals surface area contributed by atoms with Crippen molar-refractivity contribution in [1.82, 2.24) is 20.1 Å². The molecule has 3 aromatic rings. The van der Waals surface area contributed by atoms with E-state index in [1.165, 1.54) is 0 Å². The molecule has 1 aromatic heterocycles. The normalized spacial score (nSPS) is 19.1. The van der Waals surface area contributed by atoms with Gasteiger partial charge in [-0.05, 0) is 65.6 Å². The number of carbonyl (C=O) groups excluding carboxylic acids is 2. The highest BCUT2D eigenvalue weighted by molar-refractivity contribution is 5.97. The van der Waals surface area contributed by atoms with E-state index in [9.17, 15) is 9.59 Å². The van der Waals surface area contributed by atoms with Crippen LogP contribution in [-0.4, -0.2) is 77.6 Å². The average Bonchev–Trinajstić information content (AvgIpc) is 3.48. The third-order valence-electron chi connectivity index (χ3n) is 6.09. The van der Waals surface area contributed by atoms with Crippen LogP contribution in [-0.2, 0) is 4.74 Å². The van der Waals surface area contributed by atoms with Gasteiger partial charge in [-0.15, -0.1) is 0 Å². The summed E-state index contributed by atoms with van der Waals surface area (Å²) in [5.41, 5.74) is 1.72. The van der Waals surface area contributed by atoms with Crippen molar-refractivity contribution in [1.29, 1.82) is 0 Å². The molecule has 0 bridgehead atoms. The topological polar surface area (TPSA) is 107 Å². The lowest BCUT2D eigenvalue weighted by Crippen LogP contribution is -2.47. The quantitative estimate of drug-likeness (QED) is 0.562. The van der Waals surface area contributed by atoms with E-state index < -0.39 is 0 Å². The van der Waals surface area contributed by atoms with Crippen LogP contribution in [0.15, 0.2) is 47.1 Å². The van der Waals surface area contributed by atoms with Gasteiger partial charge in [-0.3, -0.25) is 4.79 Å². The molecule has 0 saturated carbocycles. The van der Waals surface area contributed by atoms with Gasteiger partial charge in [0.1, 0.15) is 29.1 Å². The summed E-state index contributed by atoms with van der Waals surface area (Å²) in [6, 6.07) is 12.4. The first kappa shape index (κ1) is 21.0. The van der Waals surface area contributed by atoms with Crippen molar-refractivity contribution < 1.29 is 28.4 Å². The predicted octanol–water partition coefficient (Wildman–Crippen LogP) is 2.74. The van der Waals surface area contributed by atoms with E-state index in [-0.39, 0.29) is 30.8 Å². The molecule has 10 heteroatoms. The fourth-order valence-electron chi connectivity index (χ4n) is 4.27. The number of fused-ring (bicyclic) bond motifs is 1. The van der Waals surface area contributed by atoms with Crippen molar-refractivity contribution in [3.05, 3.63) is 48.0 Å². The standard InChI is InChI=1S/C23H24N4O6/c1-30-17-3-5-18(6-4-17)31-14-19-13-27(23(29)32-19)16-8-10-26(11-9-16)22(28)15-2-7-20-21(12-15)25-33-24-20/h2-7,12,16,19H,8-11,13-14H2,1H3. The monoisotopic (exact) mass is 452 g/mol. The van der Waals surface area contributed by atoms with Gasteiger partial charge in [0.05, 0.1) is 13.7 Å². The Morgan fingerprint density at radius 2 is 1.79 bits per heavy atom. The van der Waals surface area contributed by atoms with E-state index in [0.29, 0.717) is 54.8 Å². The Balaban J connectivity index is 1.12. The van der Waals surface area contributed by atoms with E-state index in [2.05, 4.69) is 10.3 Å². The summed E-state index contributed by atoms with van der Waals surface area (Å²) in [6.07, 6.45) is 0.732. The van der Waals surface area contributed by atoms with Crippen LogP contribution in [0, 0.1) is 0 Å². The maximum absolute atomic E-state index is 12.9. The second kappa shape index (κ2) is 8.97. The Hall–Kier alpha value is -3.82. The number of methoxy groups -OCH3 is 1. The number of nitrogens with zero attached hydrogens (tertiary/aromatic N) is 4. The molecule has 2 amide bonds. The number of hydrogen-bond donors (Lipinski definition) is 0. The van der Waals surface area contributed by atoms with E-state index >= 15 is 0 Å². The highest BCUT2D eigenvalue weighted by atomic mass is 16.6. The minimum atomic E-state index is -0.331. The zero-order chi connectivity index (χ0) is 22.8. The molecular formula is C23H24N4O6. The number of carbonyl (C=O) groups is 2. The van der Waals surface area contributed by atoms with Crippen molar-refractivity contribution in [3.63, 3.8) is 0 Å². The van der Waals surface area contributed by atoms with Crippen LogP contribution in [0.25, 0.3) is 11.0 Å². The number of hydrogen-bond acceptors (Lipinski definition) is 8. The van der Waals surface area contributed by atoms with Crippen LogP contribution in [0.3, 0.4) is 0 Å². The SMILES string of the molecule is COc1ccc(OCC2CN(C3CCN(C(=O)c4ccc5nonc5c4)CC3)C(=O)O2)cc1.